The molecule has 0 saturated heterocycles. The quantitative estimate of drug-likeness (QED) is 0.833. The average molecular weight is 288 g/mol. The number of hydrogen-bond acceptors (Lipinski definition) is 2. The summed E-state index contributed by atoms with van der Waals surface area (Å²) in [5.74, 6) is -0.287. The molecule has 0 radical (unpaired) electrons. The smallest absolute Gasteiger partial charge is 0.309 e. The maximum absolute atomic E-state index is 11.8. The van der Waals surface area contributed by atoms with Gasteiger partial charge in [0.15, 0.2) is 0 Å². The molecule has 0 aliphatic heterocycles. The summed E-state index contributed by atoms with van der Waals surface area (Å²) in [7, 11) is 0. The Morgan fingerprint density at radius 2 is 1.71 bits per heavy atom. The summed E-state index contributed by atoms with van der Waals surface area (Å²) in [5, 5.41) is 5.52. The molecule has 1 aromatic rings. The van der Waals surface area contributed by atoms with E-state index in [-0.39, 0.29) is 6.04 Å². The van der Waals surface area contributed by atoms with Crippen molar-refractivity contribution in [1.82, 2.24) is 10.6 Å². The standard InChI is InChI=1S/C17H24N2O2/c1-13-7-9-15(10-8-13)19-17(21)16(20)18-12-11-14-5-3-2-4-6-14/h2-6,13,15H,7-12H2,1H3,(H,18,20)(H,19,21). The second-order valence-corrected chi connectivity index (χ2v) is 5.92. The lowest BCUT2D eigenvalue weighted by Crippen LogP contribution is -2.46. The van der Waals surface area contributed by atoms with Gasteiger partial charge in [-0.05, 0) is 43.6 Å². The molecule has 4 heteroatoms. The summed E-state index contributed by atoms with van der Waals surface area (Å²) in [5.41, 5.74) is 1.15. The molecule has 0 unspecified atom stereocenters. The molecule has 1 aliphatic rings. The molecule has 0 atom stereocenters. The van der Waals surface area contributed by atoms with Crippen LogP contribution in [0, 0.1) is 5.92 Å². The molecule has 1 aromatic carbocycles. The van der Waals surface area contributed by atoms with Crippen LogP contribution < -0.4 is 10.6 Å². The van der Waals surface area contributed by atoms with Crippen LogP contribution in [0.2, 0.25) is 0 Å². The van der Waals surface area contributed by atoms with Gasteiger partial charge in [0.2, 0.25) is 0 Å². The number of carbonyl (C=O) groups is 2. The summed E-state index contributed by atoms with van der Waals surface area (Å²) >= 11 is 0. The van der Waals surface area contributed by atoms with E-state index < -0.39 is 11.8 Å². The maximum Gasteiger partial charge on any atom is 0.309 e. The van der Waals surface area contributed by atoms with Gasteiger partial charge in [0.1, 0.15) is 0 Å². The minimum Gasteiger partial charge on any atom is -0.348 e. The highest BCUT2D eigenvalue weighted by Gasteiger charge is 2.22. The summed E-state index contributed by atoms with van der Waals surface area (Å²) in [6.45, 7) is 2.71. The molecule has 21 heavy (non-hydrogen) atoms. The normalized spacial score (nSPS) is 21.6. The zero-order valence-electron chi connectivity index (χ0n) is 12.6. The minimum absolute atomic E-state index is 0.161. The summed E-state index contributed by atoms with van der Waals surface area (Å²) in [6.07, 6.45) is 4.94. The molecular weight excluding hydrogens is 264 g/mol. The summed E-state index contributed by atoms with van der Waals surface area (Å²) in [6, 6.07) is 10.1. The summed E-state index contributed by atoms with van der Waals surface area (Å²) in [4.78, 5) is 23.6. The third-order valence-electron chi connectivity index (χ3n) is 4.10. The Morgan fingerprint density at radius 3 is 2.38 bits per heavy atom. The van der Waals surface area contributed by atoms with E-state index in [1.165, 1.54) is 0 Å². The molecule has 2 N–H and O–H groups in total. The first-order valence-electron chi connectivity index (χ1n) is 7.78. The predicted octanol–water partition coefficient (Wildman–Crippen LogP) is 2.04. The third-order valence-corrected chi connectivity index (χ3v) is 4.10. The molecule has 2 amide bonds. The van der Waals surface area contributed by atoms with Gasteiger partial charge in [-0.2, -0.15) is 0 Å². The monoisotopic (exact) mass is 288 g/mol. The molecule has 1 saturated carbocycles. The molecule has 114 valence electrons. The van der Waals surface area contributed by atoms with Crippen molar-refractivity contribution in [1.29, 1.82) is 0 Å². The topological polar surface area (TPSA) is 58.2 Å². The number of carbonyl (C=O) groups excluding carboxylic acids is 2. The molecule has 1 aliphatic carbocycles. The highest BCUT2D eigenvalue weighted by atomic mass is 16.2. The van der Waals surface area contributed by atoms with Crippen molar-refractivity contribution in [2.45, 2.75) is 45.1 Å². The number of benzene rings is 1. The first-order valence-corrected chi connectivity index (χ1v) is 7.78. The third kappa shape index (κ3) is 5.21. The van der Waals surface area contributed by atoms with Crippen LogP contribution in [0.4, 0.5) is 0 Å². The second kappa shape index (κ2) is 7.81. The van der Waals surface area contributed by atoms with Crippen molar-refractivity contribution >= 4 is 11.8 Å². The Labute approximate surface area is 126 Å². The average Bonchev–Trinajstić information content (AvgIpc) is 2.50. The fourth-order valence-electron chi connectivity index (χ4n) is 2.70. The second-order valence-electron chi connectivity index (χ2n) is 5.92. The van der Waals surface area contributed by atoms with Gasteiger partial charge >= 0.3 is 11.8 Å². The van der Waals surface area contributed by atoms with Crippen molar-refractivity contribution < 1.29 is 9.59 Å². The molecule has 2 rings (SSSR count). The minimum atomic E-state index is -0.524. The highest BCUT2D eigenvalue weighted by molar-refractivity contribution is 6.35. The maximum atomic E-state index is 11.8. The van der Waals surface area contributed by atoms with Gasteiger partial charge in [-0.15, -0.1) is 0 Å². The van der Waals surface area contributed by atoms with Gasteiger partial charge in [0.05, 0.1) is 0 Å². The Kier molecular flexibility index (Phi) is 5.78. The number of nitrogens with one attached hydrogen (secondary N) is 2. The molecule has 0 spiro atoms. The fraction of sp³-hybridized carbons (Fsp3) is 0.529. The SMILES string of the molecule is CC1CCC(NC(=O)C(=O)NCCc2ccccc2)CC1. The van der Waals surface area contributed by atoms with Crippen molar-refractivity contribution in [3.63, 3.8) is 0 Å². The van der Waals surface area contributed by atoms with Gasteiger partial charge in [0, 0.05) is 12.6 Å². The molecule has 1 fully saturated rings. The van der Waals surface area contributed by atoms with Crippen LogP contribution in [0.1, 0.15) is 38.2 Å². The van der Waals surface area contributed by atoms with Crippen LogP contribution in [0.3, 0.4) is 0 Å². The van der Waals surface area contributed by atoms with E-state index in [1.807, 2.05) is 30.3 Å². The Balaban J connectivity index is 1.67. The van der Waals surface area contributed by atoms with E-state index >= 15 is 0 Å². The van der Waals surface area contributed by atoms with Crippen LogP contribution >= 0.6 is 0 Å². The fourth-order valence-corrected chi connectivity index (χ4v) is 2.70. The molecule has 0 heterocycles. The van der Waals surface area contributed by atoms with Crippen molar-refractivity contribution in [2.24, 2.45) is 5.92 Å². The molecule has 0 aromatic heterocycles. The Hall–Kier alpha value is -1.84. The van der Waals surface area contributed by atoms with Gasteiger partial charge in [-0.3, -0.25) is 9.59 Å². The van der Waals surface area contributed by atoms with E-state index in [2.05, 4.69) is 17.6 Å². The van der Waals surface area contributed by atoms with Crippen LogP contribution in [-0.4, -0.2) is 24.4 Å². The zero-order chi connectivity index (χ0) is 15.1. The zero-order valence-corrected chi connectivity index (χ0v) is 12.6. The van der Waals surface area contributed by atoms with Gasteiger partial charge < -0.3 is 10.6 Å². The lowest BCUT2D eigenvalue weighted by atomic mass is 9.87. The van der Waals surface area contributed by atoms with E-state index in [1.54, 1.807) is 0 Å². The van der Waals surface area contributed by atoms with Crippen molar-refractivity contribution in [2.75, 3.05) is 6.54 Å². The lowest BCUT2D eigenvalue weighted by molar-refractivity contribution is -0.139. The number of hydrogen-bond donors (Lipinski definition) is 2. The largest absolute Gasteiger partial charge is 0.348 e. The first-order chi connectivity index (χ1) is 10.1. The first kappa shape index (κ1) is 15.5. The lowest BCUT2D eigenvalue weighted by Gasteiger charge is -2.26. The van der Waals surface area contributed by atoms with Gasteiger partial charge in [-0.1, -0.05) is 37.3 Å². The van der Waals surface area contributed by atoms with Crippen LogP contribution in [0.15, 0.2) is 30.3 Å². The Bertz CT molecular complexity index is 465. The number of amides is 2. The molecular formula is C17H24N2O2. The molecule has 0 bridgehead atoms. The van der Waals surface area contributed by atoms with E-state index in [0.29, 0.717) is 6.54 Å². The van der Waals surface area contributed by atoms with Crippen molar-refractivity contribution in [3.05, 3.63) is 35.9 Å². The van der Waals surface area contributed by atoms with Gasteiger partial charge in [-0.25, -0.2) is 0 Å². The summed E-state index contributed by atoms with van der Waals surface area (Å²) < 4.78 is 0. The highest BCUT2D eigenvalue weighted by Crippen LogP contribution is 2.23. The van der Waals surface area contributed by atoms with E-state index in [0.717, 1.165) is 43.6 Å². The Morgan fingerprint density at radius 1 is 1.05 bits per heavy atom. The van der Waals surface area contributed by atoms with Crippen molar-refractivity contribution in [3.8, 4) is 0 Å². The van der Waals surface area contributed by atoms with E-state index in [4.69, 9.17) is 0 Å². The predicted molar refractivity (Wildman–Crippen MR) is 82.7 cm³/mol. The molecule has 4 nitrogen and oxygen atoms in total. The van der Waals surface area contributed by atoms with Crippen LogP contribution in [0.25, 0.3) is 0 Å². The van der Waals surface area contributed by atoms with Crippen LogP contribution in [-0.2, 0) is 16.0 Å². The van der Waals surface area contributed by atoms with E-state index in [9.17, 15) is 9.59 Å². The van der Waals surface area contributed by atoms with Gasteiger partial charge in [0.25, 0.3) is 0 Å². The van der Waals surface area contributed by atoms with Crippen LogP contribution in [0.5, 0.6) is 0 Å². The number of rotatable bonds is 4.